The highest BCUT2D eigenvalue weighted by Crippen LogP contribution is 2.19. The van der Waals surface area contributed by atoms with Crippen molar-refractivity contribution in [3.63, 3.8) is 0 Å². The van der Waals surface area contributed by atoms with Crippen LogP contribution in [0.1, 0.15) is 20.3 Å². The van der Waals surface area contributed by atoms with Crippen molar-refractivity contribution in [1.82, 2.24) is 5.32 Å². The first-order valence-electron chi connectivity index (χ1n) is 4.52. The van der Waals surface area contributed by atoms with E-state index in [1.54, 1.807) is 6.20 Å². The third kappa shape index (κ3) is 2.48. The maximum absolute atomic E-state index is 11.7. The predicted octanol–water partition coefficient (Wildman–Crippen LogP) is 1.06. The SMILES string of the molecule is CC[C@H](C)[C@H](N)C(=O)C1NC=CS1. The minimum Gasteiger partial charge on any atom is -0.372 e. The Balaban J connectivity index is 2.46. The van der Waals surface area contributed by atoms with Crippen LogP contribution in [-0.4, -0.2) is 17.2 Å². The summed E-state index contributed by atoms with van der Waals surface area (Å²) in [6, 6.07) is -0.338. The van der Waals surface area contributed by atoms with Gasteiger partial charge in [-0.15, -0.1) is 0 Å². The number of ketones is 1. The van der Waals surface area contributed by atoms with Crippen molar-refractivity contribution in [3.05, 3.63) is 11.6 Å². The number of thioether (sulfide) groups is 1. The number of Topliss-reactive ketones (excluding diaryl/α,β-unsaturated/α-hetero) is 1. The van der Waals surface area contributed by atoms with Crippen molar-refractivity contribution in [2.24, 2.45) is 11.7 Å². The van der Waals surface area contributed by atoms with Gasteiger partial charge in [0, 0.05) is 6.20 Å². The van der Waals surface area contributed by atoms with Crippen LogP contribution >= 0.6 is 11.8 Å². The molecule has 0 saturated heterocycles. The van der Waals surface area contributed by atoms with Gasteiger partial charge in [-0.1, -0.05) is 32.0 Å². The van der Waals surface area contributed by atoms with E-state index >= 15 is 0 Å². The lowest BCUT2D eigenvalue weighted by molar-refractivity contribution is -0.121. The smallest absolute Gasteiger partial charge is 0.182 e. The quantitative estimate of drug-likeness (QED) is 0.712. The first-order valence-corrected chi connectivity index (χ1v) is 5.47. The Morgan fingerprint density at radius 1 is 1.77 bits per heavy atom. The van der Waals surface area contributed by atoms with Crippen molar-refractivity contribution in [2.75, 3.05) is 0 Å². The molecule has 4 heteroatoms. The Hall–Kier alpha value is -0.480. The van der Waals surface area contributed by atoms with E-state index in [1.165, 1.54) is 11.8 Å². The average molecular weight is 200 g/mol. The highest BCUT2D eigenvalue weighted by molar-refractivity contribution is 8.03. The number of hydrogen-bond acceptors (Lipinski definition) is 4. The van der Waals surface area contributed by atoms with Crippen LogP contribution in [0.5, 0.6) is 0 Å². The summed E-state index contributed by atoms with van der Waals surface area (Å²) in [7, 11) is 0. The summed E-state index contributed by atoms with van der Waals surface area (Å²) in [6.07, 6.45) is 2.73. The molecule has 1 heterocycles. The normalized spacial score (nSPS) is 25.3. The molecule has 1 rings (SSSR count). The van der Waals surface area contributed by atoms with Gasteiger partial charge < -0.3 is 11.1 Å². The second-order valence-electron chi connectivity index (χ2n) is 3.30. The van der Waals surface area contributed by atoms with Crippen molar-refractivity contribution in [2.45, 2.75) is 31.7 Å². The molecule has 74 valence electrons. The molecule has 0 amide bonds. The molecule has 0 aromatic carbocycles. The second-order valence-corrected chi connectivity index (χ2v) is 4.31. The molecule has 0 aliphatic carbocycles. The Labute approximate surface area is 83.1 Å². The van der Waals surface area contributed by atoms with Crippen LogP contribution in [0, 0.1) is 5.92 Å². The molecule has 0 saturated carbocycles. The second kappa shape index (κ2) is 4.67. The third-order valence-electron chi connectivity index (χ3n) is 2.37. The largest absolute Gasteiger partial charge is 0.372 e. The molecule has 3 atom stereocenters. The van der Waals surface area contributed by atoms with Crippen LogP contribution < -0.4 is 11.1 Å². The maximum atomic E-state index is 11.7. The van der Waals surface area contributed by atoms with Crippen LogP contribution in [0.2, 0.25) is 0 Å². The van der Waals surface area contributed by atoms with Crippen LogP contribution in [0.15, 0.2) is 11.6 Å². The van der Waals surface area contributed by atoms with Gasteiger partial charge in [-0.05, 0) is 11.3 Å². The van der Waals surface area contributed by atoms with E-state index in [2.05, 4.69) is 5.32 Å². The average Bonchev–Trinajstić information content (AvgIpc) is 2.67. The van der Waals surface area contributed by atoms with Gasteiger partial charge in [-0.3, -0.25) is 4.79 Å². The lowest BCUT2D eigenvalue weighted by Gasteiger charge is -2.20. The molecule has 0 fully saturated rings. The summed E-state index contributed by atoms with van der Waals surface area (Å²) in [5.41, 5.74) is 5.82. The van der Waals surface area contributed by atoms with Gasteiger partial charge in [-0.25, -0.2) is 0 Å². The van der Waals surface area contributed by atoms with Gasteiger partial charge >= 0.3 is 0 Å². The van der Waals surface area contributed by atoms with Gasteiger partial charge in [0.05, 0.1) is 6.04 Å². The molecular formula is C9H16N2OS. The summed E-state index contributed by atoms with van der Waals surface area (Å²) in [5.74, 6) is 0.361. The van der Waals surface area contributed by atoms with E-state index in [-0.39, 0.29) is 23.1 Å². The highest BCUT2D eigenvalue weighted by Gasteiger charge is 2.27. The summed E-state index contributed by atoms with van der Waals surface area (Å²) >= 11 is 1.49. The fourth-order valence-electron chi connectivity index (χ4n) is 1.14. The Bertz CT molecular complexity index is 210. The van der Waals surface area contributed by atoms with Gasteiger partial charge in [-0.2, -0.15) is 0 Å². The lowest BCUT2D eigenvalue weighted by Crippen LogP contribution is -2.44. The fourth-order valence-corrected chi connectivity index (χ4v) is 1.90. The summed E-state index contributed by atoms with van der Waals surface area (Å²) in [4.78, 5) is 11.7. The van der Waals surface area contributed by atoms with E-state index in [1.807, 2.05) is 19.3 Å². The molecule has 0 aromatic heterocycles. The molecule has 0 spiro atoms. The number of carbonyl (C=O) groups is 1. The summed E-state index contributed by atoms with van der Waals surface area (Å²) in [5, 5.41) is 4.69. The zero-order valence-corrected chi connectivity index (χ0v) is 8.80. The number of nitrogens with one attached hydrogen (secondary N) is 1. The molecule has 1 aliphatic heterocycles. The molecule has 13 heavy (non-hydrogen) atoms. The predicted molar refractivity (Wildman–Crippen MR) is 56.1 cm³/mol. The van der Waals surface area contributed by atoms with Crippen LogP contribution in [0.3, 0.4) is 0 Å². The van der Waals surface area contributed by atoms with Gasteiger partial charge in [0.2, 0.25) is 0 Å². The van der Waals surface area contributed by atoms with Crippen LogP contribution in [-0.2, 0) is 4.79 Å². The molecule has 1 aliphatic rings. The van der Waals surface area contributed by atoms with Crippen molar-refractivity contribution >= 4 is 17.5 Å². The molecule has 3 N–H and O–H groups in total. The molecule has 0 radical (unpaired) electrons. The summed E-state index contributed by atoms with van der Waals surface area (Å²) < 4.78 is 0. The number of nitrogens with two attached hydrogens (primary N) is 1. The minimum absolute atomic E-state index is 0.101. The molecule has 0 bridgehead atoms. The molecule has 0 aromatic rings. The third-order valence-corrected chi connectivity index (χ3v) is 3.31. The number of carbonyl (C=O) groups excluding carboxylic acids is 1. The minimum atomic E-state index is -0.338. The standard InChI is InChI=1S/C9H16N2OS/c1-3-6(2)7(10)8(12)9-11-4-5-13-9/h4-7,9,11H,3,10H2,1-2H3/t6-,7-,9?/m0/s1. The first kappa shape index (κ1) is 10.6. The van der Waals surface area contributed by atoms with Crippen LogP contribution in [0.25, 0.3) is 0 Å². The van der Waals surface area contributed by atoms with Crippen molar-refractivity contribution in [3.8, 4) is 0 Å². The fraction of sp³-hybridized carbons (Fsp3) is 0.667. The topological polar surface area (TPSA) is 55.1 Å². The zero-order valence-electron chi connectivity index (χ0n) is 7.99. The first-order chi connectivity index (χ1) is 6.16. The van der Waals surface area contributed by atoms with E-state index < -0.39 is 0 Å². The van der Waals surface area contributed by atoms with E-state index in [9.17, 15) is 4.79 Å². The van der Waals surface area contributed by atoms with Crippen molar-refractivity contribution < 1.29 is 4.79 Å². The molecular weight excluding hydrogens is 184 g/mol. The Morgan fingerprint density at radius 3 is 2.92 bits per heavy atom. The van der Waals surface area contributed by atoms with E-state index in [0.29, 0.717) is 0 Å². The lowest BCUT2D eigenvalue weighted by atomic mass is 9.96. The Kier molecular flexibility index (Phi) is 3.81. The van der Waals surface area contributed by atoms with Crippen molar-refractivity contribution in [1.29, 1.82) is 0 Å². The van der Waals surface area contributed by atoms with Gasteiger partial charge in [0.25, 0.3) is 0 Å². The van der Waals surface area contributed by atoms with E-state index in [0.717, 1.165) is 6.42 Å². The maximum Gasteiger partial charge on any atom is 0.182 e. The van der Waals surface area contributed by atoms with Gasteiger partial charge in [0.1, 0.15) is 5.37 Å². The van der Waals surface area contributed by atoms with Gasteiger partial charge in [0.15, 0.2) is 5.78 Å². The highest BCUT2D eigenvalue weighted by atomic mass is 32.2. The Morgan fingerprint density at radius 2 is 2.46 bits per heavy atom. The summed E-state index contributed by atoms with van der Waals surface area (Å²) in [6.45, 7) is 4.06. The molecule has 3 nitrogen and oxygen atoms in total. The zero-order chi connectivity index (χ0) is 9.84. The number of rotatable bonds is 4. The number of hydrogen-bond donors (Lipinski definition) is 2. The van der Waals surface area contributed by atoms with E-state index in [4.69, 9.17) is 5.73 Å². The van der Waals surface area contributed by atoms with Crippen LogP contribution in [0.4, 0.5) is 0 Å². The monoisotopic (exact) mass is 200 g/mol. The molecule has 1 unspecified atom stereocenters.